The van der Waals surface area contributed by atoms with E-state index in [-0.39, 0.29) is 29.9 Å². The van der Waals surface area contributed by atoms with Crippen molar-refractivity contribution in [3.8, 4) is 11.5 Å². The Hall–Kier alpha value is -5.70. The van der Waals surface area contributed by atoms with Crippen LogP contribution in [0, 0.1) is 0 Å². The number of urea groups is 1. The highest BCUT2D eigenvalue weighted by Gasteiger charge is 2.41. The first-order valence-corrected chi connectivity index (χ1v) is 16.4. The van der Waals surface area contributed by atoms with Crippen LogP contribution in [0.2, 0.25) is 0 Å². The summed E-state index contributed by atoms with van der Waals surface area (Å²) in [4.78, 5) is 48.5. The van der Waals surface area contributed by atoms with Crippen molar-refractivity contribution in [2.24, 2.45) is 5.73 Å². The number of carboxylic acids is 1. The number of halogens is 3. The fourth-order valence-electron chi connectivity index (χ4n) is 5.95. The van der Waals surface area contributed by atoms with Gasteiger partial charge in [0.25, 0.3) is 11.8 Å². The van der Waals surface area contributed by atoms with E-state index >= 15 is 0 Å². The second-order valence-electron chi connectivity index (χ2n) is 12.8. The molecule has 52 heavy (non-hydrogen) atoms. The van der Waals surface area contributed by atoms with Gasteiger partial charge in [-0.2, -0.15) is 22.5 Å². The molecule has 1 unspecified atom stereocenters. The molecule has 278 valence electrons. The van der Waals surface area contributed by atoms with Gasteiger partial charge in [-0.1, -0.05) is 30.8 Å². The van der Waals surface area contributed by atoms with Crippen LogP contribution in [0.1, 0.15) is 48.2 Å². The number of quaternary nitrogens is 1. The molecule has 0 radical (unpaired) electrons. The summed E-state index contributed by atoms with van der Waals surface area (Å²) in [5, 5.41) is 32.8. The molecule has 3 aromatic rings. The largest absolute Gasteiger partial charge is 0.508 e. The Morgan fingerprint density at radius 1 is 0.981 bits per heavy atom. The first-order valence-electron chi connectivity index (χ1n) is 16.4. The zero-order valence-corrected chi connectivity index (χ0v) is 28.9. The van der Waals surface area contributed by atoms with Gasteiger partial charge < -0.3 is 30.9 Å². The number of hydrogen-bond acceptors (Lipinski definition) is 6. The Labute approximate surface area is 299 Å². The number of carboxylic acid groups (broad SMARTS) is 1. The molecule has 1 fully saturated rings. The van der Waals surface area contributed by atoms with Gasteiger partial charge in [0.1, 0.15) is 36.0 Å². The first-order chi connectivity index (χ1) is 24.4. The first kappa shape index (κ1) is 40.7. The molecule has 2 atom stereocenters. The highest BCUT2D eigenvalue weighted by Crippen LogP contribution is 2.25. The molecule has 3 aromatic carbocycles. The number of aliphatic carboxylic acids is 1. The summed E-state index contributed by atoms with van der Waals surface area (Å²) in [6.07, 6.45) is -1.74. The lowest BCUT2D eigenvalue weighted by molar-refractivity contribution is -0.931. The Morgan fingerprint density at radius 3 is 2.15 bits per heavy atom. The number of hydrogen-bond donors (Lipinski definition) is 6. The van der Waals surface area contributed by atoms with Crippen molar-refractivity contribution in [1.82, 2.24) is 5.32 Å². The summed E-state index contributed by atoms with van der Waals surface area (Å²) in [5.74, 6) is -3.36. The van der Waals surface area contributed by atoms with Crippen LogP contribution in [0.5, 0.6) is 11.5 Å². The molecular weight excluding hydrogens is 683 g/mol. The normalized spacial score (nSPS) is 17.2. The summed E-state index contributed by atoms with van der Waals surface area (Å²) in [6, 6.07) is 18.6. The standard InChI is InChI=1S/C35H41N5O5.C2HF3O2/c1-4-18-40(22-26-7-5-9-31(42)20-26)19-6-8-29(23-40)39(32(33(36)43)21-25-10-16-30(41)17-11-25)35(45)38-28-14-12-27(13-15-28)34(44)37-24(2)3;3-2(4,5)1(6)7/h4-5,7,9-17,20,24,32H,1,6,8,18-19,21-23H2,2-3H3,(H4-2,36,37,38,41,42,43,44,45);(H,6,7)/p+2/b39-29+;/t32-,40?;/m0./s1. The number of nitrogens with one attached hydrogen (secondary N) is 2. The number of alkyl halides is 3. The number of anilines is 1. The zero-order valence-electron chi connectivity index (χ0n) is 28.9. The molecular formula is C37H44F3N5O7+2. The molecule has 0 aliphatic carbocycles. The minimum atomic E-state index is -5.08. The third-order valence-electron chi connectivity index (χ3n) is 8.19. The van der Waals surface area contributed by atoms with Crippen LogP contribution >= 0.6 is 0 Å². The van der Waals surface area contributed by atoms with Crippen molar-refractivity contribution in [2.75, 3.05) is 25.0 Å². The Kier molecular flexibility index (Phi) is 14.1. The molecule has 4 amide bonds. The molecule has 7 N–H and O–H groups in total. The average Bonchev–Trinajstić information content (AvgIpc) is 3.05. The van der Waals surface area contributed by atoms with Gasteiger partial charge in [-0.3, -0.25) is 9.59 Å². The van der Waals surface area contributed by atoms with Gasteiger partial charge in [-0.15, -0.1) is 0 Å². The minimum Gasteiger partial charge on any atom is -0.508 e. The predicted molar refractivity (Wildman–Crippen MR) is 188 cm³/mol. The van der Waals surface area contributed by atoms with Gasteiger partial charge in [-0.05, 0) is 74.0 Å². The Bertz CT molecular complexity index is 1780. The SMILES string of the molecule is C=CC[N+]1(Cc2cccc(O)c2)CCC/C(=[N+](\C(=O)Nc2ccc(C(=O)NC(C)C)cc2)[C@@H](Cc2ccc(O)cc2)C(N)=O)C1.O=C(O)C(F)(F)F. The number of benzene rings is 3. The second-order valence-corrected chi connectivity index (χ2v) is 12.8. The lowest BCUT2D eigenvalue weighted by Crippen LogP contribution is -2.58. The number of phenolic OH excluding ortho intramolecular Hbond substituents is 2. The van der Waals surface area contributed by atoms with E-state index in [4.69, 9.17) is 15.6 Å². The number of piperidine rings is 1. The van der Waals surface area contributed by atoms with Crippen molar-refractivity contribution in [3.05, 3.63) is 102 Å². The van der Waals surface area contributed by atoms with Crippen molar-refractivity contribution >= 4 is 35.2 Å². The molecule has 0 aromatic heterocycles. The lowest BCUT2D eigenvalue weighted by Gasteiger charge is -2.41. The Balaban J connectivity index is 0.000000944. The van der Waals surface area contributed by atoms with Crippen LogP contribution in [-0.2, 0) is 22.6 Å². The van der Waals surface area contributed by atoms with Crippen LogP contribution in [0.15, 0.2) is 85.5 Å². The van der Waals surface area contributed by atoms with Crippen molar-refractivity contribution in [2.45, 2.75) is 57.9 Å². The highest BCUT2D eigenvalue weighted by atomic mass is 19.4. The fraction of sp³-hybridized carbons (Fsp3) is 0.324. The molecule has 1 aliphatic rings. The van der Waals surface area contributed by atoms with Crippen molar-refractivity contribution < 1.29 is 56.7 Å². The summed E-state index contributed by atoms with van der Waals surface area (Å²) in [7, 11) is 0. The molecule has 1 saturated heterocycles. The lowest BCUT2D eigenvalue weighted by atomic mass is 10.00. The molecule has 1 heterocycles. The average molecular weight is 728 g/mol. The van der Waals surface area contributed by atoms with E-state index in [1.807, 2.05) is 32.1 Å². The number of phenols is 2. The molecule has 12 nitrogen and oxygen atoms in total. The maximum absolute atomic E-state index is 14.1. The number of aromatic hydroxyl groups is 2. The second kappa shape index (κ2) is 18.0. The molecule has 1 aliphatic heterocycles. The highest BCUT2D eigenvalue weighted by molar-refractivity contribution is 5.96. The van der Waals surface area contributed by atoms with Gasteiger partial charge >= 0.3 is 18.2 Å². The molecule has 0 spiro atoms. The van der Waals surface area contributed by atoms with Crippen LogP contribution in [-0.4, -0.2) is 91.8 Å². The van der Waals surface area contributed by atoms with Crippen molar-refractivity contribution in [3.63, 3.8) is 0 Å². The van der Waals surface area contributed by atoms with Gasteiger partial charge in [0.15, 0.2) is 6.04 Å². The number of nitrogens with zero attached hydrogens (tertiary/aromatic N) is 2. The van der Waals surface area contributed by atoms with E-state index in [0.717, 1.165) is 29.8 Å². The monoisotopic (exact) mass is 727 g/mol. The third kappa shape index (κ3) is 12.0. The van der Waals surface area contributed by atoms with E-state index < -0.39 is 30.1 Å². The number of amides is 4. The van der Waals surface area contributed by atoms with Crippen LogP contribution < -0.4 is 16.4 Å². The number of primary amides is 1. The van der Waals surface area contributed by atoms with E-state index in [1.54, 1.807) is 48.5 Å². The predicted octanol–water partition coefficient (Wildman–Crippen LogP) is 4.95. The van der Waals surface area contributed by atoms with E-state index in [0.29, 0.717) is 41.8 Å². The van der Waals surface area contributed by atoms with Gasteiger partial charge in [0, 0.05) is 36.4 Å². The molecule has 0 bridgehead atoms. The van der Waals surface area contributed by atoms with Crippen LogP contribution in [0.3, 0.4) is 0 Å². The summed E-state index contributed by atoms with van der Waals surface area (Å²) in [5.41, 5.74) is 9.36. The number of nitrogens with two attached hydrogens (primary N) is 1. The van der Waals surface area contributed by atoms with Gasteiger partial charge in [0.05, 0.1) is 13.1 Å². The van der Waals surface area contributed by atoms with E-state index in [9.17, 15) is 37.8 Å². The van der Waals surface area contributed by atoms with E-state index in [2.05, 4.69) is 17.2 Å². The van der Waals surface area contributed by atoms with Crippen LogP contribution in [0.25, 0.3) is 0 Å². The maximum Gasteiger partial charge on any atom is 0.496 e. The minimum absolute atomic E-state index is 0.0172. The maximum atomic E-state index is 14.1. The van der Waals surface area contributed by atoms with Crippen LogP contribution in [0.4, 0.5) is 23.7 Å². The van der Waals surface area contributed by atoms with Gasteiger partial charge in [-0.25, -0.2) is 10.1 Å². The summed E-state index contributed by atoms with van der Waals surface area (Å²) < 4.78 is 33.8. The number of carbonyl (C=O) groups is 4. The number of rotatable bonds is 11. The quantitative estimate of drug-likeness (QED) is 0.0918. The third-order valence-corrected chi connectivity index (χ3v) is 8.19. The smallest absolute Gasteiger partial charge is 0.496 e. The zero-order chi connectivity index (χ0) is 38.6. The number of likely N-dealkylation sites (tertiary alicyclic amines) is 1. The summed E-state index contributed by atoms with van der Waals surface area (Å²) >= 11 is 0. The van der Waals surface area contributed by atoms with Gasteiger partial charge in [0.2, 0.25) is 0 Å². The summed E-state index contributed by atoms with van der Waals surface area (Å²) in [6.45, 7) is 10.2. The molecule has 0 saturated carbocycles. The van der Waals surface area contributed by atoms with E-state index in [1.165, 1.54) is 16.7 Å². The fourth-order valence-corrected chi connectivity index (χ4v) is 5.95. The topological polar surface area (TPSA) is 182 Å². The number of carbonyl (C=O) groups excluding carboxylic acids is 3. The Morgan fingerprint density at radius 2 is 1.62 bits per heavy atom. The molecule has 4 rings (SSSR count). The molecule has 15 heteroatoms. The van der Waals surface area contributed by atoms with Crippen molar-refractivity contribution in [1.29, 1.82) is 0 Å².